The Morgan fingerprint density at radius 1 is 1.07 bits per heavy atom. The first kappa shape index (κ1) is 20.2. The topological polar surface area (TPSA) is 61.9 Å². The van der Waals surface area contributed by atoms with Gasteiger partial charge in [0.25, 0.3) is 5.91 Å². The summed E-state index contributed by atoms with van der Waals surface area (Å²) in [5, 5.41) is 3.22. The highest BCUT2D eigenvalue weighted by molar-refractivity contribution is 5.97. The smallest absolute Gasteiger partial charge is 0.257 e. The van der Waals surface area contributed by atoms with Crippen molar-refractivity contribution in [1.82, 2.24) is 15.1 Å². The van der Waals surface area contributed by atoms with Crippen LogP contribution in [0.3, 0.4) is 0 Å². The molecular formula is C23H33N3O3. The zero-order valence-corrected chi connectivity index (χ0v) is 17.4. The number of rotatable bonds is 7. The summed E-state index contributed by atoms with van der Waals surface area (Å²) < 4.78 is 5.36. The molecule has 2 aliphatic carbocycles. The van der Waals surface area contributed by atoms with Crippen molar-refractivity contribution in [2.24, 2.45) is 11.8 Å². The van der Waals surface area contributed by atoms with E-state index >= 15 is 0 Å². The molecule has 1 aromatic carbocycles. The van der Waals surface area contributed by atoms with Gasteiger partial charge in [-0.15, -0.1) is 0 Å². The van der Waals surface area contributed by atoms with Crippen LogP contribution in [0.15, 0.2) is 24.3 Å². The van der Waals surface area contributed by atoms with Gasteiger partial charge in [0.1, 0.15) is 5.75 Å². The van der Waals surface area contributed by atoms with Gasteiger partial charge in [-0.25, -0.2) is 0 Å². The number of hydrogen-bond donors (Lipinski definition) is 1. The predicted octanol–water partition coefficient (Wildman–Crippen LogP) is 2.54. The minimum absolute atomic E-state index is 0.0118. The lowest BCUT2D eigenvalue weighted by Crippen LogP contribution is -2.58. The Hall–Kier alpha value is -2.08. The highest BCUT2D eigenvalue weighted by Gasteiger charge is 2.38. The maximum Gasteiger partial charge on any atom is 0.257 e. The molecule has 158 valence electrons. The molecule has 0 aromatic heterocycles. The number of methoxy groups -OCH3 is 1. The second-order valence-corrected chi connectivity index (χ2v) is 8.71. The Morgan fingerprint density at radius 3 is 2.41 bits per heavy atom. The van der Waals surface area contributed by atoms with Crippen LogP contribution in [0.4, 0.5) is 0 Å². The van der Waals surface area contributed by atoms with Crippen LogP contribution in [-0.2, 0) is 4.79 Å². The quantitative estimate of drug-likeness (QED) is 0.765. The van der Waals surface area contributed by atoms with E-state index in [1.165, 1.54) is 25.7 Å². The number of ether oxygens (including phenoxy) is 1. The summed E-state index contributed by atoms with van der Waals surface area (Å²) in [5.41, 5.74) is 0.609. The summed E-state index contributed by atoms with van der Waals surface area (Å²) in [6, 6.07) is 7.34. The van der Waals surface area contributed by atoms with Gasteiger partial charge in [-0.05, 0) is 49.7 Å². The van der Waals surface area contributed by atoms with Crippen molar-refractivity contribution >= 4 is 11.8 Å². The van der Waals surface area contributed by atoms with Crippen LogP contribution < -0.4 is 10.1 Å². The Balaban J connectivity index is 1.39. The molecule has 1 aliphatic heterocycles. The number of para-hydroxylation sites is 1. The number of carbonyl (C=O) groups excluding carboxylic acids is 2. The lowest BCUT2D eigenvalue weighted by Gasteiger charge is -2.40. The first-order chi connectivity index (χ1) is 14.2. The molecular weight excluding hydrogens is 366 g/mol. The minimum atomic E-state index is -0.0419. The van der Waals surface area contributed by atoms with Crippen LogP contribution in [0.1, 0.15) is 48.9 Å². The third kappa shape index (κ3) is 4.74. The third-order valence-electron chi connectivity index (χ3n) is 6.71. The molecule has 3 fully saturated rings. The fourth-order valence-corrected chi connectivity index (χ4v) is 4.82. The van der Waals surface area contributed by atoms with Crippen LogP contribution in [-0.4, -0.2) is 67.5 Å². The van der Waals surface area contributed by atoms with E-state index in [4.69, 9.17) is 4.74 Å². The van der Waals surface area contributed by atoms with Gasteiger partial charge in [0.2, 0.25) is 5.91 Å². The maximum atomic E-state index is 13.0. The standard InChI is InChI=1S/C23H33N3O3/c1-29-20-9-5-4-8-19(20)23(28)26-14-12-25(13-15-26)21(18-6-2-3-7-18)22(27)24-16-17-10-11-17/h4-5,8-9,17-18,21H,2-3,6-7,10-16H2,1H3,(H,24,27)/t21-/m1/s1. The molecule has 0 bridgehead atoms. The van der Waals surface area contributed by atoms with Crippen molar-refractivity contribution in [1.29, 1.82) is 0 Å². The third-order valence-corrected chi connectivity index (χ3v) is 6.71. The van der Waals surface area contributed by atoms with Crippen molar-refractivity contribution in [2.75, 3.05) is 39.8 Å². The van der Waals surface area contributed by atoms with E-state index in [9.17, 15) is 9.59 Å². The molecule has 6 heteroatoms. The van der Waals surface area contributed by atoms with Gasteiger partial charge in [-0.1, -0.05) is 25.0 Å². The molecule has 29 heavy (non-hydrogen) atoms. The number of benzene rings is 1. The largest absolute Gasteiger partial charge is 0.496 e. The normalized spacial score (nSPS) is 21.8. The zero-order chi connectivity index (χ0) is 20.2. The number of hydrogen-bond acceptors (Lipinski definition) is 4. The van der Waals surface area contributed by atoms with E-state index < -0.39 is 0 Å². The lowest BCUT2D eigenvalue weighted by atomic mass is 9.95. The first-order valence-electron chi connectivity index (χ1n) is 11.1. The predicted molar refractivity (Wildman–Crippen MR) is 112 cm³/mol. The Morgan fingerprint density at radius 2 is 1.76 bits per heavy atom. The second-order valence-electron chi connectivity index (χ2n) is 8.71. The molecule has 1 aromatic rings. The van der Waals surface area contributed by atoms with E-state index in [0.29, 0.717) is 36.2 Å². The van der Waals surface area contributed by atoms with Gasteiger partial charge in [0.05, 0.1) is 18.7 Å². The van der Waals surface area contributed by atoms with Crippen LogP contribution >= 0.6 is 0 Å². The van der Waals surface area contributed by atoms with Crippen molar-refractivity contribution < 1.29 is 14.3 Å². The van der Waals surface area contributed by atoms with Gasteiger partial charge in [0.15, 0.2) is 0 Å². The minimum Gasteiger partial charge on any atom is -0.496 e. The van der Waals surface area contributed by atoms with E-state index in [-0.39, 0.29) is 17.9 Å². The summed E-state index contributed by atoms with van der Waals surface area (Å²) in [6.07, 6.45) is 7.23. The van der Waals surface area contributed by atoms with E-state index in [1.807, 2.05) is 29.2 Å². The molecule has 1 N–H and O–H groups in total. The second kappa shape index (κ2) is 9.16. The molecule has 3 aliphatic rings. The molecule has 1 heterocycles. The maximum absolute atomic E-state index is 13.0. The van der Waals surface area contributed by atoms with Gasteiger partial charge in [-0.3, -0.25) is 14.5 Å². The van der Waals surface area contributed by atoms with Crippen LogP contribution in [0, 0.1) is 11.8 Å². The van der Waals surface area contributed by atoms with Crippen molar-refractivity contribution in [3.8, 4) is 5.75 Å². The van der Waals surface area contributed by atoms with Gasteiger partial charge in [-0.2, -0.15) is 0 Å². The van der Waals surface area contributed by atoms with Gasteiger partial charge >= 0.3 is 0 Å². The molecule has 0 spiro atoms. The van der Waals surface area contributed by atoms with Crippen molar-refractivity contribution in [2.45, 2.75) is 44.6 Å². The Bertz CT molecular complexity index is 720. The zero-order valence-electron chi connectivity index (χ0n) is 17.4. The van der Waals surface area contributed by atoms with E-state index in [1.54, 1.807) is 7.11 Å². The van der Waals surface area contributed by atoms with E-state index in [0.717, 1.165) is 32.5 Å². The monoisotopic (exact) mass is 399 g/mol. The number of nitrogens with zero attached hydrogens (tertiary/aromatic N) is 2. The molecule has 1 saturated heterocycles. The van der Waals surface area contributed by atoms with Crippen LogP contribution in [0.2, 0.25) is 0 Å². The van der Waals surface area contributed by atoms with Crippen LogP contribution in [0.25, 0.3) is 0 Å². The Kier molecular flexibility index (Phi) is 6.38. The molecule has 0 unspecified atom stereocenters. The number of nitrogens with one attached hydrogen (secondary N) is 1. The van der Waals surface area contributed by atoms with Crippen LogP contribution in [0.5, 0.6) is 5.75 Å². The summed E-state index contributed by atoms with van der Waals surface area (Å²) in [5.74, 6) is 1.97. The fraction of sp³-hybridized carbons (Fsp3) is 0.652. The summed E-state index contributed by atoms with van der Waals surface area (Å²) in [7, 11) is 1.59. The van der Waals surface area contributed by atoms with Gasteiger partial charge in [0, 0.05) is 32.7 Å². The SMILES string of the molecule is COc1ccccc1C(=O)N1CCN([C@@H](C(=O)NCC2CC2)C2CCCC2)CC1. The molecule has 0 radical (unpaired) electrons. The Labute approximate surface area is 173 Å². The molecule has 4 rings (SSSR count). The number of piperazine rings is 1. The van der Waals surface area contributed by atoms with Crippen molar-refractivity contribution in [3.05, 3.63) is 29.8 Å². The average Bonchev–Trinajstić information content (AvgIpc) is 3.45. The highest BCUT2D eigenvalue weighted by atomic mass is 16.5. The number of amides is 2. The van der Waals surface area contributed by atoms with Crippen molar-refractivity contribution in [3.63, 3.8) is 0 Å². The average molecular weight is 400 g/mol. The molecule has 2 amide bonds. The summed E-state index contributed by atoms with van der Waals surface area (Å²) in [4.78, 5) is 30.2. The highest BCUT2D eigenvalue weighted by Crippen LogP contribution is 2.32. The fourth-order valence-electron chi connectivity index (χ4n) is 4.82. The first-order valence-corrected chi connectivity index (χ1v) is 11.1. The summed E-state index contributed by atoms with van der Waals surface area (Å²) >= 11 is 0. The molecule has 1 atom stereocenters. The van der Waals surface area contributed by atoms with E-state index in [2.05, 4.69) is 10.2 Å². The lowest BCUT2D eigenvalue weighted by molar-refractivity contribution is -0.129. The number of carbonyl (C=O) groups is 2. The summed E-state index contributed by atoms with van der Waals surface area (Å²) in [6.45, 7) is 3.62. The van der Waals surface area contributed by atoms with Gasteiger partial charge < -0.3 is 15.0 Å². The molecule has 6 nitrogen and oxygen atoms in total. The molecule has 2 saturated carbocycles.